The lowest BCUT2D eigenvalue weighted by molar-refractivity contribution is -0.870. The van der Waals surface area contributed by atoms with Crippen LogP contribution in [0.2, 0.25) is 0 Å². The average molecular weight is 564 g/mol. The van der Waals surface area contributed by atoms with E-state index in [2.05, 4.69) is 19.2 Å². The molecule has 1 amide bonds. The van der Waals surface area contributed by atoms with Crippen LogP contribution < -0.4 is 5.32 Å². The Morgan fingerprint density at radius 3 is 1.95 bits per heavy atom. The molecule has 0 fully saturated rings. The molecule has 0 spiro atoms. The lowest BCUT2D eigenvalue weighted by Gasteiger charge is -2.25. The number of rotatable bonds is 26. The number of aliphatic hydroxyl groups excluding tert-OH is 1. The van der Waals surface area contributed by atoms with Crippen LogP contribution in [0.3, 0.4) is 0 Å². The molecule has 0 saturated heterocycles. The highest BCUT2D eigenvalue weighted by Crippen LogP contribution is 2.43. The fraction of sp³-hybridized carbons (Fsp3) is 0.897. The number of quaternary nitrogens is 1. The number of amides is 1. The molecular weight excluding hydrogens is 503 g/mol. The van der Waals surface area contributed by atoms with Gasteiger partial charge in [0.05, 0.1) is 39.9 Å². The van der Waals surface area contributed by atoms with Crippen molar-refractivity contribution >= 4 is 13.7 Å². The minimum absolute atomic E-state index is 0.0622. The van der Waals surface area contributed by atoms with Crippen molar-refractivity contribution in [1.82, 2.24) is 5.32 Å². The Morgan fingerprint density at radius 1 is 0.868 bits per heavy atom. The van der Waals surface area contributed by atoms with Gasteiger partial charge in [-0.25, -0.2) is 4.57 Å². The van der Waals surface area contributed by atoms with Gasteiger partial charge in [-0.05, 0) is 19.3 Å². The number of hydrogen-bond acceptors (Lipinski definition) is 5. The number of nitrogens with one attached hydrogen (secondary N) is 1. The SMILES string of the molecule is CCCCCCCCCCCCCC=CC(O)C(COP(=O)(O)OCC[N+](C)(C)C)NC(=O)CCCCC. The van der Waals surface area contributed by atoms with Crippen molar-refractivity contribution in [1.29, 1.82) is 0 Å². The smallest absolute Gasteiger partial charge is 0.387 e. The summed E-state index contributed by atoms with van der Waals surface area (Å²) in [4.78, 5) is 22.4. The molecule has 0 aliphatic rings. The third-order valence-corrected chi connectivity index (χ3v) is 7.49. The molecule has 8 nitrogen and oxygen atoms in total. The quantitative estimate of drug-likeness (QED) is 0.0480. The van der Waals surface area contributed by atoms with Gasteiger partial charge in [0, 0.05) is 6.42 Å². The first-order valence-electron chi connectivity index (χ1n) is 15.1. The molecule has 3 unspecified atom stereocenters. The van der Waals surface area contributed by atoms with Crippen molar-refractivity contribution in [2.75, 3.05) is 40.9 Å². The van der Waals surface area contributed by atoms with Crippen LogP contribution in [0.5, 0.6) is 0 Å². The van der Waals surface area contributed by atoms with Crippen LogP contribution in [-0.2, 0) is 18.4 Å². The summed E-state index contributed by atoms with van der Waals surface area (Å²) in [6.07, 6.45) is 20.6. The molecule has 0 aliphatic carbocycles. The summed E-state index contributed by atoms with van der Waals surface area (Å²) in [5.74, 6) is -0.205. The number of nitrogens with zero attached hydrogens (tertiary/aromatic N) is 1. The van der Waals surface area contributed by atoms with E-state index >= 15 is 0 Å². The van der Waals surface area contributed by atoms with Gasteiger partial charge in [0.2, 0.25) is 5.91 Å². The first-order valence-corrected chi connectivity index (χ1v) is 16.6. The van der Waals surface area contributed by atoms with Crippen molar-refractivity contribution < 1.29 is 32.9 Å². The van der Waals surface area contributed by atoms with Gasteiger partial charge in [-0.15, -0.1) is 0 Å². The Kier molecular flexibility index (Phi) is 22.5. The van der Waals surface area contributed by atoms with Crippen LogP contribution in [0.1, 0.15) is 117 Å². The summed E-state index contributed by atoms with van der Waals surface area (Å²) in [5, 5.41) is 13.5. The minimum Gasteiger partial charge on any atom is -0.387 e. The van der Waals surface area contributed by atoms with Crippen LogP contribution in [-0.4, -0.2) is 73.4 Å². The van der Waals surface area contributed by atoms with Gasteiger partial charge >= 0.3 is 7.82 Å². The van der Waals surface area contributed by atoms with Crippen molar-refractivity contribution in [2.45, 2.75) is 129 Å². The molecular formula is C29H60N2O6P+. The van der Waals surface area contributed by atoms with Crippen molar-refractivity contribution in [3.05, 3.63) is 12.2 Å². The highest BCUT2D eigenvalue weighted by molar-refractivity contribution is 7.47. The van der Waals surface area contributed by atoms with Crippen LogP contribution in [0, 0.1) is 0 Å². The number of allylic oxidation sites excluding steroid dienone is 1. The van der Waals surface area contributed by atoms with Crippen molar-refractivity contribution in [3.8, 4) is 0 Å². The number of aliphatic hydroxyl groups is 1. The summed E-state index contributed by atoms with van der Waals surface area (Å²) < 4.78 is 23.1. The molecule has 0 heterocycles. The molecule has 0 saturated carbocycles. The summed E-state index contributed by atoms with van der Waals surface area (Å²) >= 11 is 0. The zero-order valence-electron chi connectivity index (χ0n) is 25.2. The predicted molar refractivity (Wildman–Crippen MR) is 157 cm³/mol. The predicted octanol–water partition coefficient (Wildman–Crippen LogP) is 6.51. The zero-order chi connectivity index (χ0) is 28.7. The fourth-order valence-corrected chi connectivity index (χ4v) is 4.71. The maximum Gasteiger partial charge on any atom is 0.472 e. The molecule has 0 aromatic heterocycles. The monoisotopic (exact) mass is 563 g/mol. The van der Waals surface area contributed by atoms with E-state index in [0.29, 0.717) is 17.4 Å². The molecule has 226 valence electrons. The molecule has 0 bridgehead atoms. The molecule has 9 heteroatoms. The third-order valence-electron chi connectivity index (χ3n) is 6.51. The number of phosphoric ester groups is 1. The van der Waals surface area contributed by atoms with E-state index in [9.17, 15) is 19.4 Å². The molecule has 0 radical (unpaired) electrons. The largest absolute Gasteiger partial charge is 0.472 e. The summed E-state index contributed by atoms with van der Waals surface area (Å²) in [6, 6.07) is -0.833. The number of carbonyl (C=O) groups excluding carboxylic acids is 1. The van der Waals surface area contributed by atoms with Gasteiger partial charge in [-0.3, -0.25) is 13.8 Å². The van der Waals surface area contributed by atoms with Crippen LogP contribution in [0.15, 0.2) is 12.2 Å². The standard InChI is InChI=1S/C29H59N2O6P/c1-6-8-10-11-12-13-14-15-16-17-18-19-21-22-28(32)27(30-29(33)23-20-9-7-2)26-37-38(34,35)36-25-24-31(3,4)5/h21-22,27-28,32H,6-20,23-26H2,1-5H3,(H-,30,33,34,35)/p+1. The first kappa shape index (κ1) is 37.2. The second-order valence-electron chi connectivity index (χ2n) is 11.5. The minimum atomic E-state index is -4.30. The highest BCUT2D eigenvalue weighted by atomic mass is 31.2. The van der Waals surface area contributed by atoms with Crippen LogP contribution in [0.4, 0.5) is 0 Å². The van der Waals surface area contributed by atoms with Crippen molar-refractivity contribution in [3.63, 3.8) is 0 Å². The fourth-order valence-electron chi connectivity index (χ4n) is 3.98. The Labute approximate surface area is 233 Å². The topological polar surface area (TPSA) is 105 Å². The van der Waals surface area contributed by atoms with Gasteiger partial charge in [0.1, 0.15) is 13.2 Å². The van der Waals surface area contributed by atoms with E-state index in [-0.39, 0.29) is 19.1 Å². The molecule has 0 rings (SSSR count). The molecule has 38 heavy (non-hydrogen) atoms. The third kappa shape index (κ3) is 24.3. The van der Waals surface area contributed by atoms with E-state index in [1.165, 1.54) is 57.8 Å². The van der Waals surface area contributed by atoms with E-state index < -0.39 is 20.0 Å². The summed E-state index contributed by atoms with van der Waals surface area (Å²) in [5.41, 5.74) is 0. The molecule has 3 N–H and O–H groups in total. The van der Waals surface area contributed by atoms with E-state index in [1.54, 1.807) is 6.08 Å². The van der Waals surface area contributed by atoms with Gasteiger partial charge in [0.15, 0.2) is 0 Å². The Bertz CT molecular complexity index is 653. The van der Waals surface area contributed by atoms with Crippen LogP contribution in [0.25, 0.3) is 0 Å². The molecule has 0 aromatic carbocycles. The maximum absolute atomic E-state index is 12.4. The Morgan fingerprint density at radius 2 is 1.39 bits per heavy atom. The normalized spacial score (nSPS) is 15.4. The number of unbranched alkanes of at least 4 members (excludes halogenated alkanes) is 13. The lowest BCUT2D eigenvalue weighted by Crippen LogP contribution is -2.45. The second kappa shape index (κ2) is 23.0. The van der Waals surface area contributed by atoms with Gasteiger partial charge < -0.3 is 19.8 Å². The Hall–Kier alpha value is -0.760. The van der Waals surface area contributed by atoms with E-state index in [1.807, 2.05) is 27.2 Å². The van der Waals surface area contributed by atoms with E-state index in [0.717, 1.165) is 38.5 Å². The number of carbonyl (C=O) groups is 1. The number of phosphoric acid groups is 1. The van der Waals surface area contributed by atoms with E-state index in [4.69, 9.17) is 9.05 Å². The Balaban J connectivity index is 4.49. The molecule has 3 atom stereocenters. The number of likely N-dealkylation sites (N-methyl/N-ethyl adjacent to an activating group) is 1. The van der Waals surface area contributed by atoms with Gasteiger partial charge in [-0.2, -0.15) is 0 Å². The van der Waals surface area contributed by atoms with Crippen molar-refractivity contribution in [2.24, 2.45) is 0 Å². The second-order valence-corrected chi connectivity index (χ2v) is 12.9. The molecule has 0 aliphatic heterocycles. The maximum atomic E-state index is 12.4. The average Bonchev–Trinajstić information content (AvgIpc) is 2.83. The summed E-state index contributed by atoms with van der Waals surface area (Å²) in [6.45, 7) is 4.59. The van der Waals surface area contributed by atoms with Gasteiger partial charge in [0.25, 0.3) is 0 Å². The highest BCUT2D eigenvalue weighted by Gasteiger charge is 2.27. The zero-order valence-corrected chi connectivity index (χ0v) is 26.1. The first-order chi connectivity index (χ1) is 18.0. The van der Waals surface area contributed by atoms with Crippen LogP contribution >= 0.6 is 7.82 Å². The lowest BCUT2D eigenvalue weighted by atomic mass is 10.0. The molecule has 0 aromatic rings. The number of hydrogen-bond donors (Lipinski definition) is 3. The summed E-state index contributed by atoms with van der Waals surface area (Å²) in [7, 11) is 1.56. The van der Waals surface area contributed by atoms with Gasteiger partial charge in [-0.1, -0.05) is 103 Å².